The fourth-order valence-corrected chi connectivity index (χ4v) is 4.83. The fraction of sp³-hybridized carbons (Fsp3) is 0.292. The van der Waals surface area contributed by atoms with Crippen LogP contribution in [0.5, 0.6) is 11.5 Å². The topological polar surface area (TPSA) is 54.0 Å². The molecule has 1 atom stereocenters. The Labute approximate surface area is 186 Å². The molecule has 2 aromatic carbocycles. The number of hydrogen-bond acceptors (Lipinski definition) is 6. The first-order valence-electron chi connectivity index (χ1n) is 10.5. The van der Waals surface area contributed by atoms with Gasteiger partial charge in [0.25, 0.3) is 5.91 Å². The summed E-state index contributed by atoms with van der Waals surface area (Å²) in [5.74, 6) is 1.53. The molecule has 3 heterocycles. The second-order valence-corrected chi connectivity index (χ2v) is 8.62. The first-order chi connectivity index (χ1) is 15.3. The number of fused-ring (bicyclic) bond motifs is 1. The van der Waals surface area contributed by atoms with Crippen molar-refractivity contribution >= 4 is 22.9 Å². The van der Waals surface area contributed by atoms with E-state index in [4.69, 9.17) is 9.47 Å². The highest BCUT2D eigenvalue weighted by atomic mass is 32.1. The van der Waals surface area contributed by atoms with Crippen LogP contribution in [0.2, 0.25) is 0 Å². The lowest BCUT2D eigenvalue weighted by Gasteiger charge is -2.40. The molecular weight excluding hydrogens is 410 g/mol. The molecule has 3 aromatic rings. The standard InChI is InChI=1S/C24H25N3O3S/c28-24(23-7-4-14-31-23)25-16-20(18-8-9-21-22(15-18)30-17-29-21)27-12-10-26(11-13-27)19-5-2-1-3-6-19/h1-9,14-15,20H,10-13,16-17H2,(H,25,28)/t20-/m1/s1. The van der Waals surface area contributed by atoms with Gasteiger partial charge >= 0.3 is 0 Å². The SMILES string of the molecule is O=C(NC[C@H](c1ccc2c(c1)OCO2)N1CCN(c2ccccc2)CC1)c1cccs1. The molecule has 6 nitrogen and oxygen atoms in total. The van der Waals surface area contributed by atoms with Crippen LogP contribution in [0.4, 0.5) is 5.69 Å². The number of carbonyl (C=O) groups is 1. The summed E-state index contributed by atoms with van der Waals surface area (Å²) in [5, 5.41) is 5.06. The van der Waals surface area contributed by atoms with Gasteiger partial charge in [0.05, 0.1) is 10.9 Å². The van der Waals surface area contributed by atoms with Crippen LogP contribution >= 0.6 is 11.3 Å². The number of anilines is 1. The molecular formula is C24H25N3O3S. The summed E-state index contributed by atoms with van der Waals surface area (Å²) in [5.41, 5.74) is 2.39. The number of ether oxygens (including phenoxy) is 2. The highest BCUT2D eigenvalue weighted by molar-refractivity contribution is 7.12. The lowest BCUT2D eigenvalue weighted by atomic mass is 10.0. The first-order valence-corrected chi connectivity index (χ1v) is 11.4. The molecule has 0 unspecified atom stereocenters. The van der Waals surface area contributed by atoms with E-state index in [1.807, 2.05) is 35.7 Å². The molecule has 1 saturated heterocycles. The predicted octanol–water partition coefficient (Wildman–Crippen LogP) is 3.77. The average molecular weight is 436 g/mol. The van der Waals surface area contributed by atoms with E-state index in [-0.39, 0.29) is 18.7 Å². The summed E-state index contributed by atoms with van der Waals surface area (Å²) in [6.07, 6.45) is 0. The van der Waals surface area contributed by atoms with E-state index in [9.17, 15) is 4.79 Å². The van der Waals surface area contributed by atoms with Crippen LogP contribution < -0.4 is 19.7 Å². The van der Waals surface area contributed by atoms with Crippen LogP contribution in [0, 0.1) is 0 Å². The van der Waals surface area contributed by atoms with Gasteiger partial charge in [0.2, 0.25) is 6.79 Å². The van der Waals surface area contributed by atoms with Gasteiger partial charge in [-0.15, -0.1) is 11.3 Å². The zero-order chi connectivity index (χ0) is 21.0. The maximum absolute atomic E-state index is 12.6. The monoisotopic (exact) mass is 435 g/mol. The molecule has 0 radical (unpaired) electrons. The normalized spacial score (nSPS) is 16.8. The minimum absolute atomic E-state index is 0.0244. The average Bonchev–Trinajstić information content (AvgIpc) is 3.52. The minimum Gasteiger partial charge on any atom is -0.454 e. The fourth-order valence-electron chi connectivity index (χ4n) is 4.19. The van der Waals surface area contributed by atoms with Crippen molar-refractivity contribution in [3.63, 3.8) is 0 Å². The van der Waals surface area contributed by atoms with Gasteiger partial charge in [-0.2, -0.15) is 0 Å². The van der Waals surface area contributed by atoms with Crippen LogP contribution in [0.1, 0.15) is 21.3 Å². The number of piperazine rings is 1. The molecule has 1 aromatic heterocycles. The van der Waals surface area contributed by atoms with Crippen molar-refractivity contribution in [2.24, 2.45) is 0 Å². The number of para-hydroxylation sites is 1. The van der Waals surface area contributed by atoms with Crippen molar-refractivity contribution in [1.82, 2.24) is 10.2 Å². The Bertz CT molecular complexity index is 1020. The smallest absolute Gasteiger partial charge is 0.261 e. The quantitative estimate of drug-likeness (QED) is 0.639. The van der Waals surface area contributed by atoms with Gasteiger partial charge in [0, 0.05) is 38.4 Å². The molecule has 2 aliphatic heterocycles. The van der Waals surface area contributed by atoms with Crippen LogP contribution in [0.25, 0.3) is 0 Å². The number of carbonyl (C=O) groups excluding carboxylic acids is 1. The Morgan fingerprint density at radius 3 is 2.55 bits per heavy atom. The first kappa shape index (κ1) is 19.9. The minimum atomic E-state index is -0.0244. The lowest BCUT2D eigenvalue weighted by Crippen LogP contribution is -2.49. The molecule has 5 rings (SSSR count). The van der Waals surface area contributed by atoms with Crippen LogP contribution in [-0.2, 0) is 0 Å². The van der Waals surface area contributed by atoms with Gasteiger partial charge in [0.15, 0.2) is 11.5 Å². The summed E-state index contributed by atoms with van der Waals surface area (Å²) in [6.45, 7) is 4.54. The van der Waals surface area contributed by atoms with Crippen molar-refractivity contribution in [1.29, 1.82) is 0 Å². The van der Waals surface area contributed by atoms with E-state index in [2.05, 4.69) is 45.4 Å². The van der Waals surface area contributed by atoms with Gasteiger partial charge in [0.1, 0.15) is 0 Å². The molecule has 31 heavy (non-hydrogen) atoms. The number of hydrogen-bond donors (Lipinski definition) is 1. The zero-order valence-electron chi connectivity index (χ0n) is 17.2. The Morgan fingerprint density at radius 2 is 1.77 bits per heavy atom. The van der Waals surface area contributed by atoms with E-state index in [1.165, 1.54) is 17.0 Å². The van der Waals surface area contributed by atoms with Gasteiger partial charge < -0.3 is 19.7 Å². The molecule has 0 saturated carbocycles. The summed E-state index contributed by atoms with van der Waals surface area (Å²) >= 11 is 1.46. The van der Waals surface area contributed by atoms with Crippen molar-refractivity contribution in [2.75, 3.05) is 44.4 Å². The largest absolute Gasteiger partial charge is 0.454 e. The highest BCUT2D eigenvalue weighted by Crippen LogP contribution is 2.35. The molecule has 1 fully saturated rings. The third-order valence-electron chi connectivity index (χ3n) is 5.86. The molecule has 7 heteroatoms. The maximum Gasteiger partial charge on any atom is 0.261 e. The second kappa shape index (κ2) is 8.99. The molecule has 0 bridgehead atoms. The van der Waals surface area contributed by atoms with Crippen LogP contribution in [0.3, 0.4) is 0 Å². The Hall–Kier alpha value is -3.03. The lowest BCUT2D eigenvalue weighted by molar-refractivity contribution is 0.0934. The van der Waals surface area contributed by atoms with Crippen molar-refractivity contribution in [3.05, 3.63) is 76.5 Å². The van der Waals surface area contributed by atoms with E-state index in [1.54, 1.807) is 0 Å². The Balaban J connectivity index is 1.32. The summed E-state index contributed by atoms with van der Waals surface area (Å²) < 4.78 is 11.1. The molecule has 0 aliphatic carbocycles. The van der Waals surface area contributed by atoms with Crippen molar-refractivity contribution in [3.8, 4) is 11.5 Å². The third-order valence-corrected chi connectivity index (χ3v) is 6.73. The third kappa shape index (κ3) is 4.38. The molecule has 1 N–H and O–H groups in total. The van der Waals surface area contributed by atoms with E-state index < -0.39 is 0 Å². The summed E-state index contributed by atoms with van der Waals surface area (Å²) in [7, 11) is 0. The van der Waals surface area contributed by atoms with Gasteiger partial charge in [-0.3, -0.25) is 9.69 Å². The number of nitrogens with one attached hydrogen (secondary N) is 1. The Morgan fingerprint density at radius 1 is 0.968 bits per heavy atom. The number of nitrogens with zero attached hydrogens (tertiary/aromatic N) is 2. The number of rotatable bonds is 6. The second-order valence-electron chi connectivity index (χ2n) is 7.67. The van der Waals surface area contributed by atoms with Crippen LogP contribution in [0.15, 0.2) is 66.0 Å². The molecule has 2 aliphatic rings. The van der Waals surface area contributed by atoms with E-state index >= 15 is 0 Å². The highest BCUT2D eigenvalue weighted by Gasteiger charge is 2.27. The number of thiophene rings is 1. The number of amides is 1. The summed E-state index contributed by atoms with van der Waals surface area (Å²) in [6, 6.07) is 20.4. The van der Waals surface area contributed by atoms with Crippen molar-refractivity contribution in [2.45, 2.75) is 6.04 Å². The van der Waals surface area contributed by atoms with Crippen molar-refractivity contribution < 1.29 is 14.3 Å². The van der Waals surface area contributed by atoms with Gasteiger partial charge in [-0.05, 0) is 41.3 Å². The number of benzene rings is 2. The molecule has 1 amide bonds. The molecule has 0 spiro atoms. The van der Waals surface area contributed by atoms with Crippen LogP contribution in [-0.4, -0.2) is 50.3 Å². The maximum atomic E-state index is 12.6. The van der Waals surface area contributed by atoms with Gasteiger partial charge in [-0.1, -0.05) is 30.3 Å². The summed E-state index contributed by atoms with van der Waals surface area (Å²) in [4.78, 5) is 18.2. The Kier molecular flexibility index (Phi) is 5.78. The zero-order valence-corrected chi connectivity index (χ0v) is 18.0. The predicted molar refractivity (Wildman–Crippen MR) is 122 cm³/mol. The van der Waals surface area contributed by atoms with E-state index in [0.29, 0.717) is 6.54 Å². The van der Waals surface area contributed by atoms with Gasteiger partial charge in [-0.25, -0.2) is 0 Å². The van der Waals surface area contributed by atoms with E-state index in [0.717, 1.165) is 48.1 Å². The molecule has 160 valence electrons.